The minimum Gasteiger partial charge on any atom is -0.369 e. The number of rotatable bonds is 9. The molecule has 35 heavy (non-hydrogen) atoms. The third-order valence-corrected chi connectivity index (χ3v) is 6.84. The lowest BCUT2D eigenvalue weighted by atomic mass is 9.91. The van der Waals surface area contributed by atoms with Crippen LogP contribution in [0.4, 0.5) is 29.2 Å². The third-order valence-electron chi connectivity index (χ3n) is 6.84. The molecule has 0 bridgehead atoms. The summed E-state index contributed by atoms with van der Waals surface area (Å²) < 4.78 is 54.2. The Hall–Kier alpha value is -2.95. The molecule has 4 rings (SSSR count). The van der Waals surface area contributed by atoms with Crippen LogP contribution in [0, 0.1) is 11.7 Å². The molecule has 2 aromatic rings. The zero-order chi connectivity index (χ0) is 25.0. The highest BCUT2D eigenvalue weighted by atomic mass is 19.4. The van der Waals surface area contributed by atoms with E-state index >= 15 is 4.39 Å². The molecule has 1 saturated carbocycles. The molecule has 0 atom stereocenters. The Balaban J connectivity index is 1.42. The van der Waals surface area contributed by atoms with Crippen LogP contribution >= 0.6 is 0 Å². The summed E-state index contributed by atoms with van der Waals surface area (Å²) in [7, 11) is 0. The van der Waals surface area contributed by atoms with Crippen LogP contribution in [0.25, 0.3) is 0 Å². The number of alkyl halides is 3. The predicted octanol–water partition coefficient (Wildman–Crippen LogP) is 3.80. The van der Waals surface area contributed by atoms with Gasteiger partial charge in [-0.15, -0.1) is 0 Å². The molecule has 1 aromatic carbocycles. The largest absolute Gasteiger partial charge is 0.416 e. The number of nitrogens with two attached hydrogens (primary N) is 1. The Morgan fingerprint density at radius 3 is 2.37 bits per heavy atom. The molecule has 1 saturated heterocycles. The van der Waals surface area contributed by atoms with Gasteiger partial charge in [-0.25, -0.2) is 9.97 Å². The lowest BCUT2D eigenvalue weighted by Gasteiger charge is -2.38. The normalized spacial score (nSPS) is 17.7. The molecule has 2 heterocycles. The van der Waals surface area contributed by atoms with Crippen molar-refractivity contribution in [3.05, 3.63) is 47.5 Å². The number of primary amides is 1. The summed E-state index contributed by atoms with van der Waals surface area (Å²) in [5.74, 6) is -0.316. The first-order valence-corrected chi connectivity index (χ1v) is 11.9. The van der Waals surface area contributed by atoms with Crippen molar-refractivity contribution in [1.29, 1.82) is 0 Å². The number of nitrogens with zero attached hydrogens (tertiary/aromatic N) is 4. The van der Waals surface area contributed by atoms with Gasteiger partial charge in [-0.1, -0.05) is 12.1 Å². The molecule has 11 heteroatoms. The number of nitrogens with one attached hydrogen (secondary N) is 1. The molecule has 0 spiro atoms. The summed E-state index contributed by atoms with van der Waals surface area (Å²) in [4.78, 5) is 23.2. The van der Waals surface area contributed by atoms with Gasteiger partial charge in [0.25, 0.3) is 0 Å². The van der Waals surface area contributed by atoms with E-state index in [9.17, 15) is 18.0 Å². The average molecular weight is 495 g/mol. The summed E-state index contributed by atoms with van der Waals surface area (Å²) in [6.45, 7) is 2.57. The fourth-order valence-corrected chi connectivity index (χ4v) is 4.57. The Morgan fingerprint density at radius 1 is 1.11 bits per heavy atom. The van der Waals surface area contributed by atoms with Crippen molar-refractivity contribution in [2.75, 3.05) is 36.4 Å². The number of carbonyl (C=O) groups is 1. The number of hydrogen-bond acceptors (Lipinski definition) is 6. The first kappa shape index (κ1) is 25.2. The summed E-state index contributed by atoms with van der Waals surface area (Å²) in [5, 5.41) is 3.11. The van der Waals surface area contributed by atoms with E-state index in [-0.39, 0.29) is 36.7 Å². The van der Waals surface area contributed by atoms with Gasteiger partial charge in [-0.2, -0.15) is 17.6 Å². The molecule has 1 amide bonds. The van der Waals surface area contributed by atoms with Gasteiger partial charge in [0, 0.05) is 19.1 Å². The molecule has 3 N–H and O–H groups in total. The van der Waals surface area contributed by atoms with Gasteiger partial charge in [-0.3, -0.25) is 9.69 Å². The van der Waals surface area contributed by atoms with E-state index in [4.69, 9.17) is 5.73 Å². The van der Waals surface area contributed by atoms with Crippen molar-refractivity contribution in [1.82, 2.24) is 14.9 Å². The lowest BCUT2D eigenvalue weighted by molar-refractivity contribution is -0.137. The summed E-state index contributed by atoms with van der Waals surface area (Å²) in [6.07, 6.45) is 1.40. The number of amides is 1. The number of halogens is 4. The van der Waals surface area contributed by atoms with Crippen molar-refractivity contribution < 1.29 is 22.4 Å². The van der Waals surface area contributed by atoms with Gasteiger partial charge >= 0.3 is 6.18 Å². The minimum absolute atomic E-state index is 0.0733. The molecule has 1 aliphatic heterocycles. The monoisotopic (exact) mass is 494 g/mol. The molecule has 2 fully saturated rings. The Labute approximate surface area is 201 Å². The maximum atomic E-state index is 15.5. The number of likely N-dealkylation sites (tertiary alicyclic amines) is 1. The van der Waals surface area contributed by atoms with Gasteiger partial charge < -0.3 is 16.0 Å². The van der Waals surface area contributed by atoms with E-state index in [1.807, 2.05) is 9.80 Å². The molecule has 0 unspecified atom stereocenters. The van der Waals surface area contributed by atoms with E-state index in [1.165, 1.54) is 18.5 Å². The second-order valence-corrected chi connectivity index (χ2v) is 9.33. The zero-order valence-electron chi connectivity index (χ0n) is 19.4. The van der Waals surface area contributed by atoms with Crippen LogP contribution in [-0.4, -0.2) is 53.0 Å². The number of piperidine rings is 1. The molecule has 1 aliphatic carbocycles. The highest BCUT2D eigenvalue weighted by molar-refractivity contribution is 5.75. The third kappa shape index (κ3) is 6.39. The molecule has 190 valence electrons. The molecule has 2 aliphatic rings. The molecular weight excluding hydrogens is 464 g/mol. The van der Waals surface area contributed by atoms with E-state index in [0.717, 1.165) is 57.3 Å². The second kappa shape index (κ2) is 10.8. The topological polar surface area (TPSA) is 87.4 Å². The molecular formula is C24H30F4N6O. The van der Waals surface area contributed by atoms with Crippen molar-refractivity contribution in [2.24, 2.45) is 11.7 Å². The van der Waals surface area contributed by atoms with Crippen molar-refractivity contribution in [2.45, 2.75) is 50.9 Å². The highest BCUT2D eigenvalue weighted by Gasteiger charge is 2.32. The SMILES string of the molecule is NC(=O)CN1CCC(CNc2ncnc(N(Cc3ccc(C(F)(F)F)cc3)C3CCC3)c2F)CC1. The number of benzene rings is 1. The van der Waals surface area contributed by atoms with Gasteiger partial charge in [0.2, 0.25) is 11.7 Å². The molecule has 0 radical (unpaired) electrons. The quantitative estimate of drug-likeness (QED) is 0.516. The van der Waals surface area contributed by atoms with Crippen LogP contribution in [0.5, 0.6) is 0 Å². The van der Waals surface area contributed by atoms with Gasteiger partial charge in [0.1, 0.15) is 6.33 Å². The standard InChI is InChI=1S/C24H30F4N6O/c25-21-22(30-12-16-8-10-33(11-9-16)14-20(29)35)31-15-32-23(21)34(19-2-1-3-19)13-17-4-6-18(7-5-17)24(26,27)28/h4-7,15-16,19H,1-3,8-14H2,(H2,29,35)(H,30,31,32). The van der Waals surface area contributed by atoms with Crippen LogP contribution in [0.3, 0.4) is 0 Å². The maximum absolute atomic E-state index is 15.5. The van der Waals surface area contributed by atoms with Crippen molar-refractivity contribution in [3.8, 4) is 0 Å². The van der Waals surface area contributed by atoms with Crippen LogP contribution in [0.1, 0.15) is 43.2 Å². The second-order valence-electron chi connectivity index (χ2n) is 9.33. The number of carbonyl (C=O) groups excluding carboxylic acids is 1. The predicted molar refractivity (Wildman–Crippen MR) is 124 cm³/mol. The minimum atomic E-state index is -4.40. The van der Waals surface area contributed by atoms with E-state index < -0.39 is 17.6 Å². The number of aromatic nitrogens is 2. The summed E-state index contributed by atoms with van der Waals surface area (Å²) >= 11 is 0. The van der Waals surface area contributed by atoms with Crippen LogP contribution in [0.2, 0.25) is 0 Å². The number of anilines is 2. The fourth-order valence-electron chi connectivity index (χ4n) is 4.57. The van der Waals surface area contributed by atoms with Gasteiger partial charge in [-0.05, 0) is 68.8 Å². The Bertz CT molecular complexity index is 1000. The van der Waals surface area contributed by atoms with Crippen LogP contribution in [0.15, 0.2) is 30.6 Å². The summed E-state index contributed by atoms with van der Waals surface area (Å²) in [6, 6.07) is 5.03. The number of hydrogen-bond donors (Lipinski definition) is 2. The molecule has 1 aromatic heterocycles. The highest BCUT2D eigenvalue weighted by Crippen LogP contribution is 2.34. The van der Waals surface area contributed by atoms with E-state index in [0.29, 0.717) is 18.0 Å². The van der Waals surface area contributed by atoms with Crippen molar-refractivity contribution in [3.63, 3.8) is 0 Å². The van der Waals surface area contributed by atoms with Gasteiger partial charge in [0.05, 0.1) is 12.1 Å². The van der Waals surface area contributed by atoms with E-state index in [1.54, 1.807) is 0 Å². The first-order valence-electron chi connectivity index (χ1n) is 11.9. The Kier molecular flexibility index (Phi) is 7.73. The van der Waals surface area contributed by atoms with Crippen molar-refractivity contribution >= 4 is 17.5 Å². The first-order chi connectivity index (χ1) is 16.7. The van der Waals surface area contributed by atoms with Gasteiger partial charge in [0.15, 0.2) is 11.6 Å². The summed E-state index contributed by atoms with van der Waals surface area (Å²) in [5.41, 5.74) is 5.20. The van der Waals surface area contributed by atoms with Crippen LogP contribution in [-0.2, 0) is 17.5 Å². The zero-order valence-corrected chi connectivity index (χ0v) is 19.4. The Morgan fingerprint density at radius 2 is 1.80 bits per heavy atom. The van der Waals surface area contributed by atoms with E-state index in [2.05, 4.69) is 15.3 Å². The smallest absolute Gasteiger partial charge is 0.369 e. The average Bonchev–Trinajstić information content (AvgIpc) is 2.77. The lowest BCUT2D eigenvalue weighted by Crippen LogP contribution is -2.41. The van der Waals surface area contributed by atoms with Crippen LogP contribution < -0.4 is 16.0 Å². The fraction of sp³-hybridized carbons (Fsp3) is 0.542. The maximum Gasteiger partial charge on any atom is 0.416 e. The molecule has 7 nitrogen and oxygen atoms in total.